The van der Waals surface area contributed by atoms with Gasteiger partial charge in [0.2, 0.25) is 0 Å². The van der Waals surface area contributed by atoms with Crippen LogP contribution >= 0.6 is 0 Å². The molecule has 0 bridgehead atoms. The van der Waals surface area contributed by atoms with E-state index in [1.165, 1.54) is 6.07 Å². The van der Waals surface area contributed by atoms with Crippen LogP contribution in [0, 0.1) is 17.0 Å². The highest BCUT2D eigenvalue weighted by atomic mass is 32.2. The molecule has 0 aromatic heterocycles. The highest BCUT2D eigenvalue weighted by Gasteiger charge is 2.15. The fraction of sp³-hybridized carbons (Fsp3) is 0.500. The van der Waals surface area contributed by atoms with Gasteiger partial charge in [0.1, 0.15) is 5.69 Å². The summed E-state index contributed by atoms with van der Waals surface area (Å²) in [4.78, 5) is 10.5. The van der Waals surface area contributed by atoms with Crippen LogP contribution in [0.1, 0.15) is 18.9 Å². The van der Waals surface area contributed by atoms with E-state index in [9.17, 15) is 14.3 Å². The Labute approximate surface area is 109 Å². The van der Waals surface area contributed by atoms with Gasteiger partial charge in [0.25, 0.3) is 5.69 Å². The summed E-state index contributed by atoms with van der Waals surface area (Å²) in [7, 11) is -0.837. The Bertz CT molecular complexity index is 463. The topological polar surface area (TPSA) is 72.2 Å². The maximum Gasteiger partial charge on any atom is 0.292 e. The predicted octanol–water partition coefficient (Wildman–Crippen LogP) is 2.47. The molecule has 1 aromatic rings. The molecular weight excluding hydrogens is 252 g/mol. The number of aryl methyl sites for hydroxylation is 1. The zero-order valence-corrected chi connectivity index (χ0v) is 11.6. The molecule has 1 rings (SSSR count). The first-order valence-corrected chi connectivity index (χ1v) is 7.44. The SMILES string of the molecule is Cc1ccc([N+](=O)[O-])c(NC(C)CCS(C)=O)c1. The Hall–Kier alpha value is -1.43. The molecule has 6 heteroatoms. The Morgan fingerprint density at radius 3 is 2.72 bits per heavy atom. The molecule has 0 aliphatic heterocycles. The molecule has 0 spiro atoms. The molecule has 2 unspecified atom stereocenters. The van der Waals surface area contributed by atoms with E-state index in [4.69, 9.17) is 0 Å². The van der Waals surface area contributed by atoms with Crippen molar-refractivity contribution in [3.05, 3.63) is 33.9 Å². The predicted molar refractivity (Wildman–Crippen MR) is 74.5 cm³/mol. The Morgan fingerprint density at radius 1 is 1.50 bits per heavy atom. The molecule has 18 heavy (non-hydrogen) atoms. The molecule has 1 N–H and O–H groups in total. The van der Waals surface area contributed by atoms with Gasteiger partial charge in [0.05, 0.1) is 4.92 Å². The van der Waals surface area contributed by atoms with Gasteiger partial charge in [0.15, 0.2) is 0 Å². The van der Waals surface area contributed by atoms with Gasteiger partial charge in [-0.05, 0) is 31.9 Å². The minimum Gasteiger partial charge on any atom is -0.377 e. The van der Waals surface area contributed by atoms with Gasteiger partial charge in [-0.15, -0.1) is 0 Å². The molecule has 1 aromatic carbocycles. The van der Waals surface area contributed by atoms with E-state index in [0.717, 1.165) is 5.56 Å². The summed E-state index contributed by atoms with van der Waals surface area (Å²) >= 11 is 0. The van der Waals surface area contributed by atoms with Gasteiger partial charge in [-0.1, -0.05) is 6.07 Å². The van der Waals surface area contributed by atoms with Crippen molar-refractivity contribution in [3.63, 3.8) is 0 Å². The minimum atomic E-state index is -0.837. The lowest BCUT2D eigenvalue weighted by molar-refractivity contribution is -0.384. The molecular formula is C12H18N2O3S. The van der Waals surface area contributed by atoms with Crippen LogP contribution in [-0.4, -0.2) is 27.2 Å². The van der Waals surface area contributed by atoms with Crippen LogP contribution in [0.4, 0.5) is 11.4 Å². The summed E-state index contributed by atoms with van der Waals surface area (Å²) in [5.41, 5.74) is 1.56. The maximum atomic E-state index is 11.0. The molecule has 100 valence electrons. The van der Waals surface area contributed by atoms with Gasteiger partial charge in [0, 0.05) is 34.9 Å². The molecule has 0 aliphatic carbocycles. The fourth-order valence-electron chi connectivity index (χ4n) is 1.61. The summed E-state index contributed by atoms with van der Waals surface area (Å²) in [5, 5.41) is 14.0. The van der Waals surface area contributed by atoms with Gasteiger partial charge >= 0.3 is 0 Å². The van der Waals surface area contributed by atoms with E-state index >= 15 is 0 Å². The monoisotopic (exact) mass is 270 g/mol. The van der Waals surface area contributed by atoms with E-state index in [0.29, 0.717) is 17.9 Å². The Balaban J connectivity index is 2.79. The van der Waals surface area contributed by atoms with Crippen LogP contribution in [0.15, 0.2) is 18.2 Å². The smallest absolute Gasteiger partial charge is 0.292 e. The molecule has 0 saturated heterocycles. The number of hydrogen-bond acceptors (Lipinski definition) is 4. The second-order valence-corrected chi connectivity index (χ2v) is 5.94. The first kappa shape index (κ1) is 14.6. The maximum absolute atomic E-state index is 11.0. The molecule has 5 nitrogen and oxygen atoms in total. The highest BCUT2D eigenvalue weighted by molar-refractivity contribution is 7.84. The number of nitro groups is 1. The van der Waals surface area contributed by atoms with Crippen molar-refractivity contribution < 1.29 is 9.13 Å². The zero-order valence-electron chi connectivity index (χ0n) is 10.8. The fourth-order valence-corrected chi connectivity index (χ4v) is 2.29. The van der Waals surface area contributed by atoms with Gasteiger partial charge in [-0.25, -0.2) is 0 Å². The normalized spacial score (nSPS) is 13.9. The molecule has 0 amide bonds. The van der Waals surface area contributed by atoms with Gasteiger partial charge < -0.3 is 5.32 Å². The zero-order chi connectivity index (χ0) is 13.7. The number of anilines is 1. The van der Waals surface area contributed by atoms with E-state index in [2.05, 4.69) is 5.32 Å². The van der Waals surface area contributed by atoms with E-state index in [-0.39, 0.29) is 11.7 Å². The number of nitrogens with zero attached hydrogens (tertiary/aromatic N) is 1. The molecule has 2 atom stereocenters. The largest absolute Gasteiger partial charge is 0.377 e. The van der Waals surface area contributed by atoms with Crippen LogP contribution in [0.2, 0.25) is 0 Å². The number of rotatable bonds is 6. The Morgan fingerprint density at radius 2 is 2.17 bits per heavy atom. The number of benzene rings is 1. The van der Waals surface area contributed by atoms with E-state index < -0.39 is 15.7 Å². The average molecular weight is 270 g/mol. The molecule has 0 fully saturated rings. The summed E-state index contributed by atoms with van der Waals surface area (Å²) in [6, 6.07) is 5.03. The van der Waals surface area contributed by atoms with Gasteiger partial charge in [-0.2, -0.15) is 0 Å². The quantitative estimate of drug-likeness (QED) is 0.636. The second-order valence-electron chi connectivity index (χ2n) is 4.39. The van der Waals surface area contributed by atoms with Crippen LogP contribution in [-0.2, 0) is 10.8 Å². The summed E-state index contributed by atoms with van der Waals surface area (Å²) in [6.45, 7) is 3.82. The second kappa shape index (κ2) is 6.49. The lowest BCUT2D eigenvalue weighted by Crippen LogP contribution is -2.18. The standard InChI is InChI=1S/C12H18N2O3S/c1-9-4-5-12(14(15)16)11(8-9)13-10(2)6-7-18(3)17/h4-5,8,10,13H,6-7H2,1-3H3. The van der Waals surface area contributed by atoms with Crippen molar-refractivity contribution in [2.75, 3.05) is 17.3 Å². The Kier molecular flexibility index (Phi) is 5.27. The van der Waals surface area contributed by atoms with Gasteiger partial charge in [-0.3, -0.25) is 14.3 Å². The lowest BCUT2D eigenvalue weighted by Gasteiger charge is -2.15. The molecule has 0 aliphatic rings. The minimum absolute atomic E-state index is 0.0504. The van der Waals surface area contributed by atoms with Crippen LogP contribution in [0.5, 0.6) is 0 Å². The van der Waals surface area contributed by atoms with Crippen LogP contribution in [0.3, 0.4) is 0 Å². The summed E-state index contributed by atoms with van der Waals surface area (Å²) in [5.74, 6) is 0.591. The van der Waals surface area contributed by atoms with E-state index in [1.807, 2.05) is 13.8 Å². The average Bonchev–Trinajstić information content (AvgIpc) is 2.26. The van der Waals surface area contributed by atoms with Crippen molar-refractivity contribution in [1.29, 1.82) is 0 Å². The van der Waals surface area contributed by atoms with Crippen molar-refractivity contribution in [2.24, 2.45) is 0 Å². The molecule has 0 saturated carbocycles. The van der Waals surface area contributed by atoms with Crippen molar-refractivity contribution in [1.82, 2.24) is 0 Å². The number of hydrogen-bond donors (Lipinski definition) is 1. The first-order chi connectivity index (χ1) is 8.40. The summed E-state index contributed by atoms with van der Waals surface area (Å²) in [6.07, 6.45) is 2.37. The van der Waals surface area contributed by atoms with Crippen molar-refractivity contribution in [3.8, 4) is 0 Å². The third kappa shape index (κ3) is 4.44. The van der Waals surface area contributed by atoms with Crippen LogP contribution in [0.25, 0.3) is 0 Å². The first-order valence-electron chi connectivity index (χ1n) is 5.71. The summed E-state index contributed by atoms with van der Waals surface area (Å²) < 4.78 is 11.0. The number of nitrogens with one attached hydrogen (secondary N) is 1. The number of nitro benzene ring substituents is 1. The van der Waals surface area contributed by atoms with Crippen molar-refractivity contribution >= 4 is 22.2 Å². The lowest BCUT2D eigenvalue weighted by atomic mass is 10.1. The highest BCUT2D eigenvalue weighted by Crippen LogP contribution is 2.26. The van der Waals surface area contributed by atoms with Crippen LogP contribution < -0.4 is 5.32 Å². The third-order valence-electron chi connectivity index (χ3n) is 2.59. The van der Waals surface area contributed by atoms with Crippen molar-refractivity contribution in [2.45, 2.75) is 26.3 Å². The van der Waals surface area contributed by atoms with E-state index in [1.54, 1.807) is 18.4 Å². The molecule has 0 heterocycles. The molecule has 0 radical (unpaired) electrons. The third-order valence-corrected chi connectivity index (χ3v) is 3.40.